The van der Waals surface area contributed by atoms with Crippen LogP contribution < -0.4 is 0 Å². The number of hydrogen-bond acceptors (Lipinski definition) is 2. The van der Waals surface area contributed by atoms with Gasteiger partial charge in [0, 0.05) is 25.2 Å². The highest BCUT2D eigenvalue weighted by atomic mass is 19.4. The lowest BCUT2D eigenvalue weighted by atomic mass is 9.84. The number of likely N-dealkylation sites (tertiary alicyclic amines) is 2. The lowest BCUT2D eigenvalue weighted by Crippen LogP contribution is -2.49. The van der Waals surface area contributed by atoms with Crippen molar-refractivity contribution < 1.29 is 22.8 Å². The van der Waals surface area contributed by atoms with Crippen molar-refractivity contribution in [3.63, 3.8) is 0 Å². The molecule has 3 aliphatic rings. The van der Waals surface area contributed by atoms with E-state index in [4.69, 9.17) is 0 Å². The Morgan fingerprint density at radius 1 is 0.967 bits per heavy atom. The zero-order valence-electron chi connectivity index (χ0n) is 16.9. The largest absolute Gasteiger partial charge is 0.417 e. The standard InChI is InChI=1S/C23H27F3N2O2/c24-23(25,26)18(16-8-2-1-3-9-16)15-21(29)28-19-11-5-4-10-17(19)14-20(28)22(30)27-12-6-7-13-27/h1-3,8-9,15,17,19-20H,4-7,10-14H2/b18-15+/t17-,19-,20-/m0/s1. The predicted molar refractivity (Wildman–Crippen MR) is 107 cm³/mol. The summed E-state index contributed by atoms with van der Waals surface area (Å²) in [5, 5.41) is 0. The van der Waals surface area contributed by atoms with Gasteiger partial charge in [0.2, 0.25) is 11.8 Å². The highest BCUT2D eigenvalue weighted by Crippen LogP contribution is 2.42. The van der Waals surface area contributed by atoms with Gasteiger partial charge in [0.05, 0.1) is 5.57 Å². The Balaban J connectivity index is 1.67. The summed E-state index contributed by atoms with van der Waals surface area (Å²) >= 11 is 0. The molecule has 2 heterocycles. The van der Waals surface area contributed by atoms with E-state index in [2.05, 4.69) is 0 Å². The average molecular weight is 420 g/mol. The molecule has 2 saturated heterocycles. The first-order valence-corrected chi connectivity index (χ1v) is 10.8. The number of alkyl halides is 3. The summed E-state index contributed by atoms with van der Waals surface area (Å²) in [6.45, 7) is 1.33. The van der Waals surface area contributed by atoms with Crippen molar-refractivity contribution in [1.82, 2.24) is 9.80 Å². The molecular formula is C23H27F3N2O2. The quantitative estimate of drug-likeness (QED) is 0.680. The fourth-order valence-electron chi connectivity index (χ4n) is 5.29. The van der Waals surface area contributed by atoms with Gasteiger partial charge < -0.3 is 9.80 Å². The number of amides is 2. The fourth-order valence-corrected chi connectivity index (χ4v) is 5.29. The molecule has 1 aromatic rings. The molecule has 1 aromatic carbocycles. The van der Waals surface area contributed by atoms with Crippen LogP contribution in [0.15, 0.2) is 36.4 Å². The average Bonchev–Trinajstić information content (AvgIpc) is 3.39. The zero-order chi connectivity index (χ0) is 21.3. The van der Waals surface area contributed by atoms with Crippen molar-refractivity contribution in [2.75, 3.05) is 13.1 Å². The van der Waals surface area contributed by atoms with Crippen LogP contribution in [0.25, 0.3) is 5.57 Å². The Morgan fingerprint density at radius 3 is 2.30 bits per heavy atom. The Hall–Kier alpha value is -2.31. The van der Waals surface area contributed by atoms with Crippen LogP contribution in [0.5, 0.6) is 0 Å². The molecule has 2 aliphatic heterocycles. The molecule has 0 N–H and O–H groups in total. The van der Waals surface area contributed by atoms with Gasteiger partial charge in [-0.3, -0.25) is 9.59 Å². The molecule has 0 spiro atoms. The van der Waals surface area contributed by atoms with E-state index in [1.807, 2.05) is 0 Å². The van der Waals surface area contributed by atoms with Crippen LogP contribution in [0, 0.1) is 5.92 Å². The van der Waals surface area contributed by atoms with Crippen molar-refractivity contribution in [2.24, 2.45) is 5.92 Å². The Morgan fingerprint density at radius 2 is 1.63 bits per heavy atom. The molecule has 4 rings (SSSR count). The number of hydrogen-bond donors (Lipinski definition) is 0. The molecule has 4 nitrogen and oxygen atoms in total. The van der Waals surface area contributed by atoms with E-state index >= 15 is 0 Å². The summed E-state index contributed by atoms with van der Waals surface area (Å²) in [4.78, 5) is 29.6. The molecular weight excluding hydrogens is 393 g/mol. The van der Waals surface area contributed by atoms with Gasteiger partial charge in [-0.05, 0) is 43.6 Å². The minimum atomic E-state index is -4.66. The third kappa shape index (κ3) is 4.12. The summed E-state index contributed by atoms with van der Waals surface area (Å²) in [5.41, 5.74) is -1.00. The van der Waals surface area contributed by atoms with Gasteiger partial charge in [-0.2, -0.15) is 13.2 Å². The molecule has 0 aromatic heterocycles. The molecule has 2 amide bonds. The molecule has 162 valence electrons. The van der Waals surface area contributed by atoms with Crippen molar-refractivity contribution >= 4 is 17.4 Å². The van der Waals surface area contributed by atoms with Crippen LogP contribution >= 0.6 is 0 Å². The van der Waals surface area contributed by atoms with Crippen LogP contribution in [-0.2, 0) is 9.59 Å². The van der Waals surface area contributed by atoms with Gasteiger partial charge >= 0.3 is 6.18 Å². The third-order valence-corrected chi connectivity index (χ3v) is 6.70. The summed E-state index contributed by atoms with van der Waals surface area (Å²) in [5.74, 6) is -0.603. The van der Waals surface area contributed by atoms with Crippen LogP contribution in [0.1, 0.15) is 50.5 Å². The highest BCUT2D eigenvalue weighted by molar-refractivity contribution is 5.99. The van der Waals surface area contributed by atoms with E-state index in [1.165, 1.54) is 29.2 Å². The summed E-state index contributed by atoms with van der Waals surface area (Å²) in [7, 11) is 0. The van der Waals surface area contributed by atoms with Gasteiger partial charge in [0.25, 0.3) is 0 Å². The van der Waals surface area contributed by atoms with E-state index < -0.39 is 23.7 Å². The maximum Gasteiger partial charge on any atom is 0.417 e. The number of fused-ring (bicyclic) bond motifs is 1. The van der Waals surface area contributed by atoms with Crippen molar-refractivity contribution in [2.45, 2.75) is 63.2 Å². The number of carbonyl (C=O) groups is 2. The number of halogens is 3. The summed E-state index contributed by atoms with van der Waals surface area (Å²) in [6.07, 6.45) is 2.13. The first-order chi connectivity index (χ1) is 14.4. The van der Waals surface area contributed by atoms with E-state index in [0.29, 0.717) is 25.6 Å². The van der Waals surface area contributed by atoms with Gasteiger partial charge in [0.1, 0.15) is 6.04 Å². The minimum Gasteiger partial charge on any atom is -0.341 e. The second-order valence-corrected chi connectivity index (χ2v) is 8.56. The Labute approximate surface area is 174 Å². The second-order valence-electron chi connectivity index (χ2n) is 8.56. The van der Waals surface area contributed by atoms with Gasteiger partial charge in [-0.15, -0.1) is 0 Å². The summed E-state index contributed by atoms with van der Waals surface area (Å²) in [6, 6.07) is 6.59. The maximum absolute atomic E-state index is 13.8. The summed E-state index contributed by atoms with van der Waals surface area (Å²) < 4.78 is 41.3. The third-order valence-electron chi connectivity index (χ3n) is 6.70. The van der Waals surface area contributed by atoms with Gasteiger partial charge in [-0.1, -0.05) is 43.2 Å². The molecule has 0 unspecified atom stereocenters. The molecule has 1 aliphatic carbocycles. The lowest BCUT2D eigenvalue weighted by Gasteiger charge is -2.34. The van der Waals surface area contributed by atoms with Crippen LogP contribution in [0.2, 0.25) is 0 Å². The predicted octanol–water partition coefficient (Wildman–Crippen LogP) is 4.41. The topological polar surface area (TPSA) is 40.6 Å². The Bertz CT molecular complexity index is 815. The van der Waals surface area contributed by atoms with E-state index in [1.54, 1.807) is 11.0 Å². The number of benzene rings is 1. The van der Waals surface area contributed by atoms with Gasteiger partial charge in [0.15, 0.2) is 0 Å². The lowest BCUT2D eigenvalue weighted by molar-refractivity contribution is -0.142. The highest BCUT2D eigenvalue weighted by Gasteiger charge is 2.48. The second kappa shape index (κ2) is 8.44. The van der Waals surface area contributed by atoms with E-state index in [0.717, 1.165) is 38.5 Å². The van der Waals surface area contributed by atoms with Gasteiger partial charge in [-0.25, -0.2) is 0 Å². The van der Waals surface area contributed by atoms with Crippen molar-refractivity contribution in [3.05, 3.63) is 42.0 Å². The Kier molecular flexibility index (Phi) is 5.89. The monoisotopic (exact) mass is 420 g/mol. The molecule has 7 heteroatoms. The number of carbonyl (C=O) groups excluding carboxylic acids is 2. The number of rotatable bonds is 3. The first-order valence-electron chi connectivity index (χ1n) is 10.8. The molecule has 0 bridgehead atoms. The number of allylic oxidation sites excluding steroid dienone is 1. The molecule has 3 fully saturated rings. The molecule has 1 saturated carbocycles. The van der Waals surface area contributed by atoms with Crippen molar-refractivity contribution in [3.8, 4) is 0 Å². The minimum absolute atomic E-state index is 0.0415. The maximum atomic E-state index is 13.8. The van der Waals surface area contributed by atoms with Crippen LogP contribution in [0.3, 0.4) is 0 Å². The van der Waals surface area contributed by atoms with Crippen LogP contribution in [-0.4, -0.2) is 53.0 Å². The smallest absolute Gasteiger partial charge is 0.341 e. The van der Waals surface area contributed by atoms with Crippen molar-refractivity contribution in [1.29, 1.82) is 0 Å². The number of nitrogens with zero attached hydrogens (tertiary/aromatic N) is 2. The van der Waals surface area contributed by atoms with E-state index in [-0.39, 0.29) is 23.4 Å². The normalized spacial score (nSPS) is 27.3. The fraction of sp³-hybridized carbons (Fsp3) is 0.565. The SMILES string of the molecule is O=C([C@@H]1C[C@@H]2CCCC[C@@H]2N1C(=O)/C=C(\c1ccccc1)C(F)(F)F)N1CCCC1. The first kappa shape index (κ1) is 20.9. The molecule has 30 heavy (non-hydrogen) atoms. The molecule has 3 atom stereocenters. The van der Waals surface area contributed by atoms with Crippen LogP contribution in [0.4, 0.5) is 13.2 Å². The van der Waals surface area contributed by atoms with E-state index in [9.17, 15) is 22.8 Å². The zero-order valence-corrected chi connectivity index (χ0v) is 16.9. The molecule has 0 radical (unpaired) electrons.